The Morgan fingerprint density at radius 2 is 2.14 bits per heavy atom. The maximum absolute atomic E-state index is 12.2. The molecule has 0 aromatic carbocycles. The van der Waals surface area contributed by atoms with E-state index in [1.165, 1.54) is 0 Å². The first-order valence-electron chi connectivity index (χ1n) is 7.17. The molecule has 21 heavy (non-hydrogen) atoms. The van der Waals surface area contributed by atoms with E-state index in [0.29, 0.717) is 24.4 Å². The second kappa shape index (κ2) is 6.66. The molecule has 1 saturated heterocycles. The van der Waals surface area contributed by atoms with Gasteiger partial charge in [-0.2, -0.15) is 5.10 Å². The van der Waals surface area contributed by atoms with Crippen molar-refractivity contribution in [2.45, 2.75) is 33.2 Å². The van der Waals surface area contributed by atoms with Gasteiger partial charge in [0, 0.05) is 26.1 Å². The number of aryl methyl sites for hydroxylation is 2. The molecule has 116 valence electrons. The minimum absolute atomic E-state index is 0.0430. The lowest BCUT2D eigenvalue weighted by atomic mass is 10.3. The van der Waals surface area contributed by atoms with Gasteiger partial charge in [0.15, 0.2) is 0 Å². The van der Waals surface area contributed by atoms with Crippen LogP contribution in [0.5, 0.6) is 0 Å². The summed E-state index contributed by atoms with van der Waals surface area (Å²) >= 11 is 0. The number of nitrogens with one attached hydrogen (secondary N) is 1. The van der Waals surface area contributed by atoms with E-state index in [1.54, 1.807) is 18.5 Å². The van der Waals surface area contributed by atoms with Crippen LogP contribution in [-0.2, 0) is 11.3 Å². The molecule has 0 spiro atoms. The van der Waals surface area contributed by atoms with Gasteiger partial charge in [0.1, 0.15) is 11.4 Å². The van der Waals surface area contributed by atoms with E-state index in [1.807, 2.05) is 4.90 Å². The molecular weight excluding hydrogens is 274 g/mol. The van der Waals surface area contributed by atoms with Crippen molar-refractivity contribution in [3.8, 4) is 0 Å². The lowest BCUT2D eigenvalue weighted by molar-refractivity contribution is -0.386. The van der Waals surface area contributed by atoms with Gasteiger partial charge in [-0.05, 0) is 26.8 Å². The summed E-state index contributed by atoms with van der Waals surface area (Å²) in [6, 6.07) is 0. The van der Waals surface area contributed by atoms with Crippen LogP contribution in [0, 0.1) is 24.0 Å². The zero-order valence-electron chi connectivity index (χ0n) is 12.5. The van der Waals surface area contributed by atoms with Crippen molar-refractivity contribution in [3.63, 3.8) is 0 Å². The van der Waals surface area contributed by atoms with Crippen LogP contribution in [0.1, 0.15) is 24.2 Å². The number of hydrogen-bond acceptors (Lipinski definition) is 5. The molecular formula is C13H21N5O3. The zero-order valence-corrected chi connectivity index (χ0v) is 12.5. The lowest BCUT2D eigenvalue weighted by Gasteiger charge is -2.19. The second-order valence-electron chi connectivity index (χ2n) is 5.23. The first kappa shape index (κ1) is 15.4. The van der Waals surface area contributed by atoms with Crippen molar-refractivity contribution in [1.29, 1.82) is 0 Å². The van der Waals surface area contributed by atoms with Gasteiger partial charge in [-0.25, -0.2) is 0 Å². The van der Waals surface area contributed by atoms with Gasteiger partial charge in [0.25, 0.3) is 0 Å². The van der Waals surface area contributed by atoms with Crippen LogP contribution >= 0.6 is 0 Å². The van der Waals surface area contributed by atoms with Crippen molar-refractivity contribution in [2.75, 3.05) is 26.2 Å². The van der Waals surface area contributed by atoms with Crippen molar-refractivity contribution in [2.24, 2.45) is 0 Å². The van der Waals surface area contributed by atoms with Crippen molar-refractivity contribution in [1.82, 2.24) is 20.0 Å². The summed E-state index contributed by atoms with van der Waals surface area (Å²) in [5.41, 5.74) is 0.938. The highest BCUT2D eigenvalue weighted by Gasteiger charge is 2.22. The molecule has 1 aliphatic rings. The van der Waals surface area contributed by atoms with Gasteiger partial charge in [-0.15, -0.1) is 0 Å². The fourth-order valence-corrected chi connectivity index (χ4v) is 2.62. The molecule has 8 heteroatoms. The Balaban J connectivity index is 1.98. The van der Waals surface area contributed by atoms with Crippen LogP contribution in [0.4, 0.5) is 5.69 Å². The van der Waals surface area contributed by atoms with Gasteiger partial charge in [0.2, 0.25) is 5.91 Å². The average molecular weight is 295 g/mol. The molecule has 1 aromatic rings. The first-order valence-corrected chi connectivity index (χ1v) is 7.17. The quantitative estimate of drug-likeness (QED) is 0.649. The molecule has 2 rings (SSSR count). The van der Waals surface area contributed by atoms with Crippen molar-refractivity contribution < 1.29 is 9.72 Å². The molecule has 0 aliphatic carbocycles. The fourth-order valence-electron chi connectivity index (χ4n) is 2.62. The highest BCUT2D eigenvalue weighted by Crippen LogP contribution is 2.21. The highest BCUT2D eigenvalue weighted by atomic mass is 16.6. The third-order valence-corrected chi connectivity index (χ3v) is 3.76. The van der Waals surface area contributed by atoms with Gasteiger partial charge >= 0.3 is 5.69 Å². The largest absolute Gasteiger partial charge is 0.341 e. The predicted octanol–water partition coefficient (Wildman–Crippen LogP) is 0.620. The summed E-state index contributed by atoms with van der Waals surface area (Å²) in [4.78, 5) is 24.6. The normalized spacial score (nSPS) is 15.8. The summed E-state index contributed by atoms with van der Waals surface area (Å²) < 4.78 is 1.56. The molecule has 0 saturated carbocycles. The van der Waals surface area contributed by atoms with Crippen LogP contribution < -0.4 is 5.32 Å². The predicted molar refractivity (Wildman–Crippen MR) is 77.0 cm³/mol. The third kappa shape index (κ3) is 3.57. The van der Waals surface area contributed by atoms with E-state index in [2.05, 4.69) is 10.4 Å². The number of nitro groups is 1. The number of rotatable bonds is 4. The van der Waals surface area contributed by atoms with Gasteiger partial charge in [-0.3, -0.25) is 19.6 Å². The van der Waals surface area contributed by atoms with E-state index in [0.717, 1.165) is 32.6 Å². The Hall–Kier alpha value is -1.96. The molecule has 1 aliphatic heterocycles. The smallest absolute Gasteiger partial charge is 0.312 e. The summed E-state index contributed by atoms with van der Waals surface area (Å²) in [6.07, 6.45) is 1.27. The maximum atomic E-state index is 12.2. The van der Waals surface area contributed by atoms with E-state index in [9.17, 15) is 14.9 Å². The fraction of sp³-hybridized carbons (Fsp3) is 0.692. The first-order chi connectivity index (χ1) is 10.0. The number of hydrogen-bond donors (Lipinski definition) is 1. The lowest BCUT2D eigenvalue weighted by Crippen LogP contribution is -2.34. The average Bonchev–Trinajstić information content (AvgIpc) is 2.62. The summed E-state index contributed by atoms with van der Waals surface area (Å²) in [5, 5.41) is 18.4. The number of carbonyl (C=O) groups is 1. The maximum Gasteiger partial charge on any atom is 0.312 e. The van der Waals surface area contributed by atoms with E-state index < -0.39 is 4.92 Å². The third-order valence-electron chi connectivity index (χ3n) is 3.76. The number of carbonyl (C=O) groups excluding carboxylic acids is 1. The van der Waals surface area contributed by atoms with Crippen LogP contribution in [0.3, 0.4) is 0 Å². The molecule has 8 nitrogen and oxygen atoms in total. The topological polar surface area (TPSA) is 93.3 Å². The second-order valence-corrected chi connectivity index (χ2v) is 5.23. The standard InChI is InChI=1S/C13H21N5O3/c1-10-13(18(20)21)11(2)17(15-10)8-4-12(19)16-7-3-5-14-6-9-16/h14H,3-9H2,1-2H3. The Morgan fingerprint density at radius 1 is 1.38 bits per heavy atom. The van der Waals surface area contributed by atoms with Gasteiger partial charge in [0.05, 0.1) is 11.5 Å². The summed E-state index contributed by atoms with van der Waals surface area (Å²) in [7, 11) is 0. The summed E-state index contributed by atoms with van der Waals surface area (Å²) in [5.74, 6) is 0.0777. The van der Waals surface area contributed by atoms with Crippen molar-refractivity contribution in [3.05, 3.63) is 21.5 Å². The molecule has 1 N–H and O–H groups in total. The van der Waals surface area contributed by atoms with Crippen LogP contribution in [-0.4, -0.2) is 51.7 Å². The molecule has 0 unspecified atom stereocenters. The minimum atomic E-state index is -0.420. The molecule has 1 aromatic heterocycles. The van der Waals surface area contributed by atoms with E-state index >= 15 is 0 Å². The monoisotopic (exact) mass is 295 g/mol. The van der Waals surface area contributed by atoms with Crippen LogP contribution in [0.25, 0.3) is 0 Å². The Morgan fingerprint density at radius 3 is 2.81 bits per heavy atom. The van der Waals surface area contributed by atoms with Gasteiger partial charge < -0.3 is 10.2 Å². The minimum Gasteiger partial charge on any atom is -0.341 e. The summed E-state index contributed by atoms with van der Waals surface area (Å²) in [6.45, 7) is 6.90. The Bertz CT molecular complexity index is 532. The molecule has 1 fully saturated rings. The van der Waals surface area contributed by atoms with Crippen LogP contribution in [0.15, 0.2) is 0 Å². The van der Waals surface area contributed by atoms with E-state index in [4.69, 9.17) is 0 Å². The van der Waals surface area contributed by atoms with E-state index in [-0.39, 0.29) is 11.6 Å². The number of amides is 1. The molecule has 2 heterocycles. The number of aromatic nitrogens is 2. The van der Waals surface area contributed by atoms with Crippen LogP contribution in [0.2, 0.25) is 0 Å². The Kier molecular flexibility index (Phi) is 4.89. The SMILES string of the molecule is Cc1nn(CCC(=O)N2CCCNCC2)c(C)c1[N+](=O)[O-]. The Labute approximate surface area is 123 Å². The highest BCUT2D eigenvalue weighted by molar-refractivity contribution is 5.76. The zero-order chi connectivity index (χ0) is 15.4. The van der Waals surface area contributed by atoms with Gasteiger partial charge in [-0.1, -0.05) is 0 Å². The molecule has 0 bridgehead atoms. The molecule has 0 radical (unpaired) electrons. The molecule has 1 amide bonds. The molecule has 0 atom stereocenters. The number of nitrogens with zero attached hydrogens (tertiary/aromatic N) is 4. The van der Waals surface area contributed by atoms with Crippen molar-refractivity contribution >= 4 is 11.6 Å².